The van der Waals surface area contributed by atoms with Crippen LogP contribution in [0.5, 0.6) is 0 Å². The van der Waals surface area contributed by atoms with Gasteiger partial charge in [0.1, 0.15) is 12.1 Å². The molecule has 3 aromatic rings. The molecule has 0 saturated heterocycles. The van der Waals surface area contributed by atoms with E-state index in [0.29, 0.717) is 18.0 Å². The number of amides is 1. The van der Waals surface area contributed by atoms with E-state index < -0.39 is 0 Å². The van der Waals surface area contributed by atoms with Crippen LogP contribution in [0.2, 0.25) is 0 Å². The van der Waals surface area contributed by atoms with Gasteiger partial charge in [-0.2, -0.15) is 0 Å². The summed E-state index contributed by atoms with van der Waals surface area (Å²) >= 11 is 0. The Labute approximate surface area is 178 Å². The average molecular weight is 406 g/mol. The van der Waals surface area contributed by atoms with Gasteiger partial charge in [-0.1, -0.05) is 32.0 Å². The van der Waals surface area contributed by atoms with Crippen molar-refractivity contribution in [2.75, 3.05) is 32.5 Å². The molecule has 0 fully saturated rings. The van der Waals surface area contributed by atoms with Crippen LogP contribution in [0.25, 0.3) is 22.0 Å². The summed E-state index contributed by atoms with van der Waals surface area (Å²) in [5.41, 5.74) is 3.60. The molecule has 0 unspecified atom stereocenters. The number of aromatic nitrogens is 2. The maximum absolute atomic E-state index is 12.9. The van der Waals surface area contributed by atoms with E-state index in [0.717, 1.165) is 40.8 Å². The molecule has 6 nitrogen and oxygen atoms in total. The van der Waals surface area contributed by atoms with Gasteiger partial charge in [0.05, 0.1) is 5.52 Å². The SMILES string of the molecule is CCN(C(=O)c1cccc(-c2ccc3ncnc(NCCC(C)C)c3c2)c1)N(C)C. The number of carbonyl (C=O) groups excluding carboxylic acids is 1. The highest BCUT2D eigenvalue weighted by Crippen LogP contribution is 2.28. The summed E-state index contributed by atoms with van der Waals surface area (Å²) in [6.45, 7) is 7.88. The van der Waals surface area contributed by atoms with Crippen LogP contribution >= 0.6 is 0 Å². The summed E-state index contributed by atoms with van der Waals surface area (Å²) in [6, 6.07) is 13.9. The van der Waals surface area contributed by atoms with Gasteiger partial charge in [0, 0.05) is 38.1 Å². The molecule has 1 N–H and O–H groups in total. The topological polar surface area (TPSA) is 61.4 Å². The van der Waals surface area contributed by atoms with Gasteiger partial charge in [0.2, 0.25) is 0 Å². The third kappa shape index (κ3) is 4.94. The number of hydrogen-bond donors (Lipinski definition) is 1. The smallest absolute Gasteiger partial charge is 0.268 e. The predicted molar refractivity (Wildman–Crippen MR) is 123 cm³/mol. The maximum atomic E-state index is 12.9. The highest BCUT2D eigenvalue weighted by atomic mass is 16.2. The second-order valence-electron chi connectivity index (χ2n) is 8.01. The standard InChI is InChI=1S/C24H31N5O/c1-6-29(28(4)5)24(30)20-9-7-8-18(14-20)19-10-11-22-21(15-19)23(27-16-26-22)25-13-12-17(2)3/h7-11,14-17H,6,12-13H2,1-5H3,(H,25,26,27). The number of hydrogen-bond acceptors (Lipinski definition) is 5. The summed E-state index contributed by atoms with van der Waals surface area (Å²) in [6.07, 6.45) is 2.68. The van der Waals surface area contributed by atoms with Gasteiger partial charge in [-0.3, -0.25) is 9.80 Å². The molecular weight excluding hydrogens is 374 g/mol. The molecule has 1 amide bonds. The zero-order valence-corrected chi connectivity index (χ0v) is 18.5. The van der Waals surface area contributed by atoms with E-state index in [1.165, 1.54) is 0 Å². The summed E-state index contributed by atoms with van der Waals surface area (Å²) in [5.74, 6) is 1.47. The normalized spacial score (nSPS) is 11.3. The Kier molecular flexibility index (Phi) is 7.00. The number of benzene rings is 2. The molecule has 0 aliphatic rings. The van der Waals surface area contributed by atoms with Crippen molar-refractivity contribution in [2.45, 2.75) is 27.2 Å². The Morgan fingerprint density at radius 3 is 2.53 bits per heavy atom. The zero-order valence-electron chi connectivity index (χ0n) is 18.5. The first kappa shape index (κ1) is 21.7. The molecule has 0 aliphatic carbocycles. The quantitative estimate of drug-likeness (QED) is 0.551. The lowest BCUT2D eigenvalue weighted by molar-refractivity contribution is 0.0230. The number of hydrazine groups is 1. The maximum Gasteiger partial charge on any atom is 0.268 e. The van der Waals surface area contributed by atoms with E-state index in [1.807, 2.05) is 62.4 Å². The second kappa shape index (κ2) is 9.67. The number of rotatable bonds is 8. The van der Waals surface area contributed by atoms with E-state index >= 15 is 0 Å². The Bertz CT molecular complexity index is 1020. The molecule has 0 atom stereocenters. The molecule has 0 aliphatic heterocycles. The van der Waals surface area contributed by atoms with Crippen molar-refractivity contribution in [1.29, 1.82) is 0 Å². The minimum absolute atomic E-state index is 0.00971. The van der Waals surface area contributed by atoms with Crippen molar-refractivity contribution in [2.24, 2.45) is 5.92 Å². The van der Waals surface area contributed by atoms with E-state index in [9.17, 15) is 4.79 Å². The lowest BCUT2D eigenvalue weighted by Gasteiger charge is -2.27. The molecule has 6 heteroatoms. The van der Waals surface area contributed by atoms with Gasteiger partial charge in [0.25, 0.3) is 5.91 Å². The molecule has 3 rings (SSSR count). The first-order valence-corrected chi connectivity index (χ1v) is 10.5. The third-order valence-electron chi connectivity index (χ3n) is 5.11. The van der Waals surface area contributed by atoms with Crippen LogP contribution in [-0.4, -0.2) is 53.1 Å². The lowest BCUT2D eigenvalue weighted by atomic mass is 10.0. The summed E-state index contributed by atoms with van der Waals surface area (Å²) in [7, 11) is 3.75. The molecule has 0 bridgehead atoms. The highest BCUT2D eigenvalue weighted by molar-refractivity contribution is 5.96. The van der Waals surface area contributed by atoms with Gasteiger partial charge in [0.15, 0.2) is 0 Å². The van der Waals surface area contributed by atoms with Gasteiger partial charge in [-0.25, -0.2) is 15.0 Å². The minimum Gasteiger partial charge on any atom is -0.369 e. The molecule has 1 aromatic heterocycles. The first-order chi connectivity index (χ1) is 14.4. The first-order valence-electron chi connectivity index (χ1n) is 10.5. The van der Waals surface area contributed by atoms with Crippen molar-refractivity contribution in [3.05, 3.63) is 54.4 Å². The largest absolute Gasteiger partial charge is 0.369 e. The zero-order chi connectivity index (χ0) is 21.7. The van der Waals surface area contributed by atoms with Crippen LogP contribution < -0.4 is 5.32 Å². The fourth-order valence-corrected chi connectivity index (χ4v) is 3.45. The lowest BCUT2D eigenvalue weighted by Crippen LogP contribution is -2.41. The van der Waals surface area contributed by atoms with Gasteiger partial charge in [-0.05, 0) is 54.7 Å². The van der Waals surface area contributed by atoms with Crippen LogP contribution in [0.1, 0.15) is 37.6 Å². The van der Waals surface area contributed by atoms with Crippen molar-refractivity contribution in [3.8, 4) is 11.1 Å². The van der Waals surface area contributed by atoms with E-state index in [4.69, 9.17) is 0 Å². The Morgan fingerprint density at radius 2 is 1.83 bits per heavy atom. The van der Waals surface area contributed by atoms with Crippen molar-refractivity contribution < 1.29 is 4.79 Å². The van der Waals surface area contributed by atoms with E-state index in [2.05, 4.69) is 35.2 Å². The Hall–Kier alpha value is -2.99. The molecule has 30 heavy (non-hydrogen) atoms. The fraction of sp³-hybridized carbons (Fsp3) is 0.375. The molecule has 1 heterocycles. The van der Waals surface area contributed by atoms with E-state index in [1.54, 1.807) is 11.3 Å². The Balaban J connectivity index is 1.94. The second-order valence-corrected chi connectivity index (χ2v) is 8.01. The molecule has 158 valence electrons. The molecule has 0 radical (unpaired) electrons. The molecule has 0 spiro atoms. The van der Waals surface area contributed by atoms with Crippen molar-refractivity contribution in [1.82, 2.24) is 20.0 Å². The fourth-order valence-electron chi connectivity index (χ4n) is 3.45. The van der Waals surface area contributed by atoms with Crippen molar-refractivity contribution >= 4 is 22.6 Å². The van der Waals surface area contributed by atoms with Crippen LogP contribution in [0.15, 0.2) is 48.8 Å². The highest BCUT2D eigenvalue weighted by Gasteiger charge is 2.16. The van der Waals surface area contributed by atoms with E-state index in [-0.39, 0.29) is 5.91 Å². The van der Waals surface area contributed by atoms with Crippen LogP contribution in [0.4, 0.5) is 5.82 Å². The number of anilines is 1. The number of nitrogens with zero attached hydrogens (tertiary/aromatic N) is 4. The summed E-state index contributed by atoms with van der Waals surface area (Å²) in [4.78, 5) is 21.7. The van der Waals surface area contributed by atoms with Crippen LogP contribution in [-0.2, 0) is 0 Å². The van der Waals surface area contributed by atoms with Crippen molar-refractivity contribution in [3.63, 3.8) is 0 Å². The van der Waals surface area contributed by atoms with Gasteiger partial charge >= 0.3 is 0 Å². The molecule has 2 aromatic carbocycles. The number of nitrogens with one attached hydrogen (secondary N) is 1. The van der Waals surface area contributed by atoms with Gasteiger partial charge in [-0.15, -0.1) is 0 Å². The van der Waals surface area contributed by atoms with Crippen LogP contribution in [0.3, 0.4) is 0 Å². The minimum atomic E-state index is -0.00971. The number of carbonyl (C=O) groups is 1. The average Bonchev–Trinajstić information content (AvgIpc) is 2.73. The summed E-state index contributed by atoms with van der Waals surface area (Å²) in [5, 5.41) is 7.96. The van der Waals surface area contributed by atoms with Gasteiger partial charge < -0.3 is 5.32 Å². The Morgan fingerprint density at radius 1 is 1.07 bits per heavy atom. The summed E-state index contributed by atoms with van der Waals surface area (Å²) < 4.78 is 0. The molecular formula is C24H31N5O. The van der Waals surface area contributed by atoms with Crippen LogP contribution in [0, 0.1) is 5.92 Å². The monoisotopic (exact) mass is 405 g/mol. The molecule has 0 saturated carbocycles. The number of fused-ring (bicyclic) bond motifs is 1. The predicted octanol–water partition coefficient (Wildman–Crippen LogP) is 4.69. The third-order valence-corrected chi connectivity index (χ3v) is 5.11.